The maximum atomic E-state index is 13.7. The highest BCUT2D eigenvalue weighted by atomic mass is 32.2. The van der Waals surface area contributed by atoms with Crippen molar-refractivity contribution in [1.29, 1.82) is 0 Å². The van der Waals surface area contributed by atoms with E-state index in [2.05, 4.69) is 9.97 Å². The molecule has 0 radical (unpaired) electrons. The summed E-state index contributed by atoms with van der Waals surface area (Å²) in [6.45, 7) is 0. The molecule has 0 spiro atoms. The standard InChI is InChI=1S/C29H38F3N3O5S/c1-39-24-16-15-20(18-25(24)40-2)23-19-26(29(30,31)32)34-28(33-23)41(37,38)17-9-14-27(36)35(21-10-5-3-6-11-21)22-12-7-4-8-13-22/h15-16,18-19,21-22H,3-14,17H2,1-2H3. The molecule has 0 N–H and O–H groups in total. The van der Waals surface area contributed by atoms with Gasteiger partial charge in [-0.15, -0.1) is 0 Å². The lowest BCUT2D eigenvalue weighted by atomic mass is 9.88. The summed E-state index contributed by atoms with van der Waals surface area (Å²) in [5.74, 6) is -0.000809. The summed E-state index contributed by atoms with van der Waals surface area (Å²) in [7, 11) is -1.52. The van der Waals surface area contributed by atoms with Gasteiger partial charge in [-0.1, -0.05) is 38.5 Å². The topological polar surface area (TPSA) is 98.7 Å². The van der Waals surface area contributed by atoms with Crippen LogP contribution >= 0.6 is 0 Å². The third-order valence-electron chi connectivity index (χ3n) is 7.98. The Balaban J connectivity index is 1.54. The molecule has 2 fully saturated rings. The highest BCUT2D eigenvalue weighted by Crippen LogP contribution is 2.35. The molecule has 1 aromatic heterocycles. The number of alkyl halides is 3. The number of halogens is 3. The first-order chi connectivity index (χ1) is 19.5. The van der Waals surface area contributed by atoms with Crippen LogP contribution in [0.2, 0.25) is 0 Å². The van der Waals surface area contributed by atoms with Gasteiger partial charge in [-0.3, -0.25) is 4.79 Å². The monoisotopic (exact) mass is 597 g/mol. The Hall–Kier alpha value is -2.89. The molecule has 2 aliphatic rings. The van der Waals surface area contributed by atoms with Crippen LogP contribution in [0, 0.1) is 0 Å². The highest BCUT2D eigenvalue weighted by molar-refractivity contribution is 7.91. The molecule has 8 nitrogen and oxygen atoms in total. The van der Waals surface area contributed by atoms with Gasteiger partial charge < -0.3 is 14.4 Å². The summed E-state index contributed by atoms with van der Waals surface area (Å²) in [5.41, 5.74) is -1.38. The third kappa shape index (κ3) is 7.69. The normalized spacial score (nSPS) is 17.3. The van der Waals surface area contributed by atoms with Crippen molar-refractivity contribution in [3.8, 4) is 22.8 Å². The molecule has 0 unspecified atom stereocenters. The number of amides is 1. The number of hydrogen-bond acceptors (Lipinski definition) is 7. The molecule has 2 aromatic rings. The summed E-state index contributed by atoms with van der Waals surface area (Å²) in [6, 6.07) is 5.42. The Morgan fingerprint density at radius 3 is 2.02 bits per heavy atom. The Morgan fingerprint density at radius 1 is 0.902 bits per heavy atom. The van der Waals surface area contributed by atoms with E-state index >= 15 is 0 Å². The third-order valence-corrected chi connectivity index (χ3v) is 9.55. The summed E-state index contributed by atoms with van der Waals surface area (Å²) in [5, 5.41) is -0.916. The van der Waals surface area contributed by atoms with Crippen LogP contribution < -0.4 is 9.47 Å². The van der Waals surface area contributed by atoms with Crippen molar-refractivity contribution in [2.24, 2.45) is 0 Å². The van der Waals surface area contributed by atoms with E-state index in [9.17, 15) is 26.4 Å². The van der Waals surface area contributed by atoms with Crippen molar-refractivity contribution in [2.75, 3.05) is 20.0 Å². The number of ether oxygens (including phenoxy) is 2. The van der Waals surface area contributed by atoms with Gasteiger partial charge in [0.25, 0.3) is 0 Å². The van der Waals surface area contributed by atoms with Gasteiger partial charge in [0.2, 0.25) is 20.9 Å². The summed E-state index contributed by atoms with van der Waals surface area (Å²) in [4.78, 5) is 22.8. The van der Waals surface area contributed by atoms with Crippen LogP contribution in [0.5, 0.6) is 11.5 Å². The lowest BCUT2D eigenvalue weighted by molar-refractivity contribution is -0.141. The SMILES string of the molecule is COc1ccc(-c2cc(C(F)(F)F)nc(S(=O)(=O)CCCC(=O)N(C3CCCCC3)C3CCCCC3)n2)cc1OC. The second kappa shape index (κ2) is 13.4. The van der Waals surface area contributed by atoms with Crippen molar-refractivity contribution in [2.45, 2.75) is 100 Å². The lowest BCUT2D eigenvalue weighted by Gasteiger charge is -2.42. The van der Waals surface area contributed by atoms with Crippen LogP contribution in [0.25, 0.3) is 11.3 Å². The van der Waals surface area contributed by atoms with E-state index in [1.54, 1.807) is 0 Å². The van der Waals surface area contributed by atoms with E-state index in [0.29, 0.717) is 11.8 Å². The maximum absolute atomic E-state index is 13.7. The van der Waals surface area contributed by atoms with Crippen LogP contribution in [0.15, 0.2) is 29.4 Å². The van der Waals surface area contributed by atoms with Crippen molar-refractivity contribution < 1.29 is 35.9 Å². The molecule has 0 bridgehead atoms. The van der Waals surface area contributed by atoms with E-state index < -0.39 is 32.6 Å². The van der Waals surface area contributed by atoms with E-state index in [1.807, 2.05) is 4.90 Å². The molecule has 0 saturated heterocycles. The lowest BCUT2D eigenvalue weighted by Crippen LogP contribution is -2.48. The molecule has 0 atom stereocenters. The van der Waals surface area contributed by atoms with Crippen molar-refractivity contribution >= 4 is 15.7 Å². The average Bonchev–Trinajstić information content (AvgIpc) is 2.97. The fraction of sp³-hybridized carbons (Fsp3) is 0.621. The summed E-state index contributed by atoms with van der Waals surface area (Å²) in [6.07, 6.45) is 5.52. The fourth-order valence-corrected chi connectivity index (χ4v) is 7.09. The minimum absolute atomic E-state index is 0.00767. The minimum Gasteiger partial charge on any atom is -0.493 e. The van der Waals surface area contributed by atoms with Crippen LogP contribution in [-0.2, 0) is 20.8 Å². The first-order valence-corrected chi connectivity index (χ1v) is 15.9. The number of sulfone groups is 1. The molecule has 4 rings (SSSR count). The predicted octanol–water partition coefficient (Wildman–Crippen LogP) is 6.23. The first kappa shape index (κ1) is 31.1. The fourth-order valence-electron chi connectivity index (χ4n) is 5.91. The quantitative estimate of drug-likeness (QED) is 0.300. The molecule has 12 heteroatoms. The Bertz CT molecular complexity index is 1290. The van der Waals surface area contributed by atoms with Crippen LogP contribution in [0.1, 0.15) is 82.7 Å². The van der Waals surface area contributed by atoms with Crippen molar-refractivity contribution in [3.63, 3.8) is 0 Å². The van der Waals surface area contributed by atoms with Gasteiger partial charge in [-0.2, -0.15) is 13.2 Å². The molecule has 1 aromatic carbocycles. The molecular weight excluding hydrogens is 559 g/mol. The van der Waals surface area contributed by atoms with Gasteiger partial charge in [-0.05, 0) is 56.4 Å². The molecule has 2 saturated carbocycles. The second-order valence-electron chi connectivity index (χ2n) is 10.8. The molecule has 41 heavy (non-hydrogen) atoms. The Kier molecular flexibility index (Phi) is 10.1. The summed E-state index contributed by atoms with van der Waals surface area (Å²) < 4.78 is 78.0. The van der Waals surface area contributed by atoms with Crippen molar-refractivity contribution in [1.82, 2.24) is 14.9 Å². The van der Waals surface area contributed by atoms with Gasteiger partial charge >= 0.3 is 6.18 Å². The molecule has 0 aliphatic heterocycles. The number of carbonyl (C=O) groups excluding carboxylic acids is 1. The largest absolute Gasteiger partial charge is 0.493 e. The summed E-state index contributed by atoms with van der Waals surface area (Å²) >= 11 is 0. The Labute approximate surface area is 239 Å². The average molecular weight is 598 g/mol. The molecule has 1 amide bonds. The zero-order valence-electron chi connectivity index (χ0n) is 23.6. The zero-order chi connectivity index (χ0) is 29.6. The smallest absolute Gasteiger partial charge is 0.433 e. The van der Waals surface area contributed by atoms with Gasteiger partial charge in [0.05, 0.1) is 25.7 Å². The number of rotatable bonds is 10. The van der Waals surface area contributed by atoms with E-state index in [1.165, 1.54) is 32.4 Å². The number of benzene rings is 1. The molecule has 226 valence electrons. The van der Waals surface area contributed by atoms with Gasteiger partial charge in [0.1, 0.15) is 5.69 Å². The van der Waals surface area contributed by atoms with Gasteiger partial charge in [0, 0.05) is 24.1 Å². The van der Waals surface area contributed by atoms with Crippen LogP contribution in [0.4, 0.5) is 13.2 Å². The minimum atomic E-state index is -4.89. The van der Waals surface area contributed by atoms with E-state index in [-0.39, 0.29) is 47.8 Å². The van der Waals surface area contributed by atoms with Crippen LogP contribution in [-0.4, -0.2) is 61.2 Å². The Morgan fingerprint density at radius 2 is 1.49 bits per heavy atom. The highest BCUT2D eigenvalue weighted by Gasteiger charge is 2.36. The number of carbonyl (C=O) groups is 1. The molecule has 2 aliphatic carbocycles. The second-order valence-corrected chi connectivity index (χ2v) is 12.8. The molecule has 1 heterocycles. The number of hydrogen-bond donors (Lipinski definition) is 0. The molecular formula is C29H38F3N3O5S. The number of aromatic nitrogens is 2. The van der Waals surface area contributed by atoms with E-state index in [4.69, 9.17) is 9.47 Å². The van der Waals surface area contributed by atoms with Crippen LogP contribution in [0.3, 0.4) is 0 Å². The zero-order valence-corrected chi connectivity index (χ0v) is 24.4. The maximum Gasteiger partial charge on any atom is 0.433 e. The first-order valence-electron chi connectivity index (χ1n) is 14.3. The predicted molar refractivity (Wildman–Crippen MR) is 147 cm³/mol. The number of nitrogens with zero attached hydrogens (tertiary/aromatic N) is 3. The van der Waals surface area contributed by atoms with Gasteiger partial charge in [-0.25, -0.2) is 18.4 Å². The number of methoxy groups -OCH3 is 2. The van der Waals surface area contributed by atoms with Crippen molar-refractivity contribution in [3.05, 3.63) is 30.0 Å². The van der Waals surface area contributed by atoms with E-state index in [0.717, 1.165) is 64.2 Å². The van der Waals surface area contributed by atoms with Gasteiger partial charge in [0.15, 0.2) is 11.5 Å².